The van der Waals surface area contributed by atoms with Crippen LogP contribution in [0.5, 0.6) is 0 Å². The van der Waals surface area contributed by atoms with Crippen LogP contribution in [0.1, 0.15) is 33.6 Å². The highest BCUT2D eigenvalue weighted by Gasteiger charge is 2.40. The van der Waals surface area contributed by atoms with E-state index in [4.69, 9.17) is 0 Å². The number of rotatable bonds is 4. The molecule has 1 aliphatic rings. The summed E-state index contributed by atoms with van der Waals surface area (Å²) in [5, 5.41) is 0. The van der Waals surface area contributed by atoms with Gasteiger partial charge >= 0.3 is 0 Å². The monoisotopic (exact) mass is 263 g/mol. The number of hydrogen-bond acceptors (Lipinski definition) is 2. The molecule has 0 spiro atoms. The molecule has 1 fully saturated rings. The lowest BCUT2D eigenvalue weighted by Gasteiger charge is -2.26. The van der Waals surface area contributed by atoms with Crippen LogP contribution in [-0.4, -0.2) is 18.9 Å². The minimum Gasteiger partial charge on any atom is -0.371 e. The summed E-state index contributed by atoms with van der Waals surface area (Å²) in [5.74, 6) is 0.203. The van der Waals surface area contributed by atoms with Gasteiger partial charge in [-0.3, -0.25) is 4.79 Å². The van der Waals surface area contributed by atoms with Crippen LogP contribution in [0, 0.1) is 17.2 Å². The van der Waals surface area contributed by atoms with Gasteiger partial charge in [-0.2, -0.15) is 0 Å². The van der Waals surface area contributed by atoms with Crippen LogP contribution in [0.4, 0.5) is 10.1 Å². The molecule has 0 radical (unpaired) electrons. The molecule has 2 nitrogen and oxygen atoms in total. The van der Waals surface area contributed by atoms with E-state index in [1.54, 1.807) is 6.07 Å². The SMILES string of the molecule is CCN(CC1CCC(C)(C)C1=O)c1cccc(F)c1. The Morgan fingerprint density at radius 1 is 1.42 bits per heavy atom. The van der Waals surface area contributed by atoms with Gasteiger partial charge < -0.3 is 4.90 Å². The van der Waals surface area contributed by atoms with Gasteiger partial charge in [-0.05, 0) is 38.0 Å². The molecule has 0 bridgehead atoms. The Kier molecular flexibility index (Phi) is 3.93. The zero-order valence-corrected chi connectivity index (χ0v) is 11.9. The van der Waals surface area contributed by atoms with Crippen molar-refractivity contribution in [2.75, 3.05) is 18.0 Å². The van der Waals surface area contributed by atoms with Gasteiger partial charge in [0, 0.05) is 30.1 Å². The predicted molar refractivity (Wildman–Crippen MR) is 75.8 cm³/mol. The molecule has 0 saturated heterocycles. The molecular weight excluding hydrogens is 241 g/mol. The van der Waals surface area contributed by atoms with Crippen molar-refractivity contribution in [3.05, 3.63) is 30.1 Å². The molecule has 0 N–H and O–H groups in total. The number of anilines is 1. The molecule has 1 saturated carbocycles. The first-order valence-corrected chi connectivity index (χ1v) is 6.99. The van der Waals surface area contributed by atoms with Gasteiger partial charge in [0.25, 0.3) is 0 Å². The second kappa shape index (κ2) is 5.32. The number of carbonyl (C=O) groups is 1. The van der Waals surface area contributed by atoms with Crippen LogP contribution in [0.15, 0.2) is 24.3 Å². The van der Waals surface area contributed by atoms with Gasteiger partial charge in [0.1, 0.15) is 11.6 Å². The number of halogens is 1. The zero-order valence-electron chi connectivity index (χ0n) is 11.9. The van der Waals surface area contributed by atoms with E-state index in [9.17, 15) is 9.18 Å². The lowest BCUT2D eigenvalue weighted by atomic mass is 9.89. The lowest BCUT2D eigenvalue weighted by Crippen LogP contribution is -2.33. The molecule has 19 heavy (non-hydrogen) atoms. The van der Waals surface area contributed by atoms with Crippen LogP contribution < -0.4 is 4.90 Å². The van der Waals surface area contributed by atoms with Crippen molar-refractivity contribution in [2.24, 2.45) is 11.3 Å². The third kappa shape index (κ3) is 2.96. The second-order valence-electron chi connectivity index (χ2n) is 6.00. The average Bonchev–Trinajstić information content (AvgIpc) is 2.62. The Morgan fingerprint density at radius 2 is 2.16 bits per heavy atom. The minimum absolute atomic E-state index is 0.0817. The van der Waals surface area contributed by atoms with Gasteiger partial charge in [-0.1, -0.05) is 19.9 Å². The summed E-state index contributed by atoms with van der Waals surface area (Å²) in [5.41, 5.74) is 0.673. The Morgan fingerprint density at radius 3 is 2.68 bits per heavy atom. The van der Waals surface area contributed by atoms with Gasteiger partial charge in [-0.15, -0.1) is 0 Å². The number of Topliss-reactive ketones (excluding diaryl/α,β-unsaturated/α-hetero) is 1. The molecule has 0 aromatic heterocycles. The topological polar surface area (TPSA) is 20.3 Å². The Hall–Kier alpha value is -1.38. The molecule has 2 rings (SSSR count). The van der Waals surface area contributed by atoms with E-state index in [0.29, 0.717) is 12.3 Å². The Labute approximate surface area is 114 Å². The minimum atomic E-state index is -0.228. The van der Waals surface area contributed by atoms with E-state index in [2.05, 4.69) is 4.90 Å². The summed E-state index contributed by atoms with van der Waals surface area (Å²) < 4.78 is 13.3. The maximum Gasteiger partial charge on any atom is 0.143 e. The van der Waals surface area contributed by atoms with Crippen molar-refractivity contribution in [1.82, 2.24) is 0 Å². The summed E-state index contributed by atoms with van der Waals surface area (Å²) in [6.45, 7) is 7.56. The number of ketones is 1. The fourth-order valence-electron chi connectivity index (χ4n) is 2.87. The van der Waals surface area contributed by atoms with Crippen molar-refractivity contribution >= 4 is 11.5 Å². The fourth-order valence-corrected chi connectivity index (χ4v) is 2.87. The average molecular weight is 263 g/mol. The van der Waals surface area contributed by atoms with Gasteiger partial charge in [-0.25, -0.2) is 4.39 Å². The van der Waals surface area contributed by atoms with Crippen molar-refractivity contribution in [3.8, 4) is 0 Å². The molecule has 0 heterocycles. The Balaban J connectivity index is 2.11. The first-order chi connectivity index (χ1) is 8.94. The first kappa shape index (κ1) is 14.0. The molecule has 3 heteroatoms. The summed E-state index contributed by atoms with van der Waals surface area (Å²) in [4.78, 5) is 14.4. The van der Waals surface area contributed by atoms with Crippen LogP contribution in [0.25, 0.3) is 0 Å². The third-order valence-corrected chi connectivity index (χ3v) is 4.15. The number of carbonyl (C=O) groups excluding carboxylic acids is 1. The maximum absolute atomic E-state index is 13.3. The molecule has 1 unspecified atom stereocenters. The van der Waals surface area contributed by atoms with Gasteiger partial charge in [0.15, 0.2) is 0 Å². The highest BCUT2D eigenvalue weighted by Crippen LogP contribution is 2.38. The molecule has 1 aliphatic carbocycles. The normalized spacial score (nSPS) is 21.7. The molecule has 1 atom stereocenters. The Bertz CT molecular complexity index is 470. The highest BCUT2D eigenvalue weighted by molar-refractivity contribution is 5.88. The first-order valence-electron chi connectivity index (χ1n) is 6.99. The lowest BCUT2D eigenvalue weighted by molar-refractivity contribution is -0.127. The molecule has 0 aliphatic heterocycles. The molecule has 1 aromatic rings. The highest BCUT2D eigenvalue weighted by atomic mass is 19.1. The van der Waals surface area contributed by atoms with Crippen LogP contribution in [0.2, 0.25) is 0 Å². The second-order valence-corrected chi connectivity index (χ2v) is 6.00. The fraction of sp³-hybridized carbons (Fsp3) is 0.562. The van der Waals surface area contributed by atoms with Crippen molar-refractivity contribution in [3.63, 3.8) is 0 Å². The summed E-state index contributed by atoms with van der Waals surface area (Å²) >= 11 is 0. The quantitative estimate of drug-likeness (QED) is 0.826. The van der Waals surface area contributed by atoms with E-state index in [-0.39, 0.29) is 17.2 Å². The van der Waals surface area contributed by atoms with Crippen molar-refractivity contribution < 1.29 is 9.18 Å². The predicted octanol–water partition coefficient (Wildman–Crippen LogP) is 3.66. The smallest absolute Gasteiger partial charge is 0.143 e. The standard InChI is InChI=1S/C16H22FNO/c1-4-18(14-7-5-6-13(17)10-14)11-12-8-9-16(2,3)15(12)19/h5-7,10,12H,4,8-9,11H2,1-3H3. The van der Waals surface area contributed by atoms with Crippen molar-refractivity contribution in [2.45, 2.75) is 33.6 Å². The van der Waals surface area contributed by atoms with Crippen LogP contribution >= 0.6 is 0 Å². The van der Waals surface area contributed by atoms with Gasteiger partial charge in [0.2, 0.25) is 0 Å². The van der Waals surface area contributed by atoms with Crippen LogP contribution in [0.3, 0.4) is 0 Å². The van der Waals surface area contributed by atoms with E-state index in [1.807, 2.05) is 26.8 Å². The van der Waals surface area contributed by atoms with E-state index >= 15 is 0 Å². The largest absolute Gasteiger partial charge is 0.371 e. The summed E-state index contributed by atoms with van der Waals surface area (Å²) in [6.07, 6.45) is 1.90. The molecule has 1 aromatic carbocycles. The summed E-state index contributed by atoms with van der Waals surface area (Å²) in [7, 11) is 0. The number of nitrogens with zero attached hydrogens (tertiary/aromatic N) is 1. The maximum atomic E-state index is 13.3. The molecular formula is C16H22FNO. The number of benzene rings is 1. The van der Waals surface area contributed by atoms with Gasteiger partial charge in [0.05, 0.1) is 0 Å². The van der Waals surface area contributed by atoms with E-state index < -0.39 is 0 Å². The molecule has 0 amide bonds. The third-order valence-electron chi connectivity index (χ3n) is 4.15. The summed E-state index contributed by atoms with van der Waals surface area (Å²) in [6, 6.07) is 6.60. The van der Waals surface area contributed by atoms with Crippen LogP contribution in [-0.2, 0) is 4.79 Å². The number of hydrogen-bond donors (Lipinski definition) is 0. The molecule has 104 valence electrons. The van der Waals surface area contributed by atoms with Crippen molar-refractivity contribution in [1.29, 1.82) is 0 Å². The van der Waals surface area contributed by atoms with E-state index in [1.165, 1.54) is 12.1 Å². The van der Waals surface area contributed by atoms with E-state index in [0.717, 1.165) is 25.1 Å². The zero-order chi connectivity index (χ0) is 14.0.